The van der Waals surface area contributed by atoms with Gasteiger partial charge in [-0.2, -0.15) is 0 Å². The molecule has 1 aliphatic rings. The molecule has 0 amide bonds. The summed E-state index contributed by atoms with van der Waals surface area (Å²) in [6, 6.07) is 9.75. The molecule has 0 aliphatic carbocycles. The number of carbonyl (C=O) groups excluding carboxylic acids is 2. The van der Waals surface area contributed by atoms with Gasteiger partial charge in [-0.05, 0) is 18.4 Å². The number of ether oxygens (including phenoxy) is 4. The van der Waals surface area contributed by atoms with Gasteiger partial charge in [0, 0.05) is 13.8 Å². The summed E-state index contributed by atoms with van der Waals surface area (Å²) in [5, 5.41) is 0. The largest absolute Gasteiger partial charge is 0.453 e. The highest BCUT2D eigenvalue weighted by molar-refractivity contribution is 5.67. The van der Waals surface area contributed by atoms with E-state index in [4.69, 9.17) is 18.9 Å². The van der Waals surface area contributed by atoms with Gasteiger partial charge < -0.3 is 18.9 Å². The first-order chi connectivity index (χ1) is 12.4. The number of carbonyl (C=O) groups is 2. The Bertz CT molecular complexity index is 602. The van der Waals surface area contributed by atoms with Gasteiger partial charge in [0.1, 0.15) is 11.7 Å². The van der Waals surface area contributed by atoms with E-state index in [1.54, 1.807) is 0 Å². The minimum absolute atomic E-state index is 0.352. The normalized spacial score (nSPS) is 27.9. The standard InChI is InChI=1S/C20H28O6/c1-5-12-20(6-2)18(23-13-16-10-8-7-9-11-16)17(24-14(3)21)19(26-20)25-15(4)22/h7-11,17-19H,5-6,12-13H2,1-4H3/t17-,18?,19?,20-/m0/s1. The van der Waals surface area contributed by atoms with Crippen molar-refractivity contribution >= 4 is 11.9 Å². The van der Waals surface area contributed by atoms with Crippen LogP contribution in [0.3, 0.4) is 0 Å². The van der Waals surface area contributed by atoms with E-state index in [2.05, 4.69) is 6.92 Å². The van der Waals surface area contributed by atoms with Crippen LogP contribution in [0.25, 0.3) is 0 Å². The summed E-state index contributed by atoms with van der Waals surface area (Å²) in [7, 11) is 0. The monoisotopic (exact) mass is 364 g/mol. The van der Waals surface area contributed by atoms with Crippen molar-refractivity contribution in [1.29, 1.82) is 0 Å². The molecule has 1 aliphatic heterocycles. The van der Waals surface area contributed by atoms with Crippen molar-refractivity contribution in [3.63, 3.8) is 0 Å². The van der Waals surface area contributed by atoms with Crippen molar-refractivity contribution < 1.29 is 28.5 Å². The Morgan fingerprint density at radius 3 is 2.27 bits per heavy atom. The molecule has 2 rings (SSSR count). The van der Waals surface area contributed by atoms with Crippen molar-refractivity contribution in [2.45, 2.75) is 77.7 Å². The fourth-order valence-corrected chi connectivity index (χ4v) is 3.46. The smallest absolute Gasteiger partial charge is 0.305 e. The predicted octanol–water partition coefficient (Wildman–Crippen LogP) is 3.37. The third-order valence-corrected chi connectivity index (χ3v) is 4.56. The van der Waals surface area contributed by atoms with Crippen molar-refractivity contribution in [2.24, 2.45) is 0 Å². The van der Waals surface area contributed by atoms with Crippen LogP contribution in [0, 0.1) is 0 Å². The van der Waals surface area contributed by atoms with Gasteiger partial charge in [0.2, 0.25) is 6.29 Å². The Labute approximate surface area is 154 Å². The molecule has 2 unspecified atom stereocenters. The van der Waals surface area contributed by atoms with E-state index in [0.717, 1.165) is 12.0 Å². The van der Waals surface area contributed by atoms with Gasteiger partial charge >= 0.3 is 11.9 Å². The van der Waals surface area contributed by atoms with Crippen LogP contribution in [0.4, 0.5) is 0 Å². The number of benzene rings is 1. The lowest BCUT2D eigenvalue weighted by Crippen LogP contribution is -2.46. The molecule has 0 saturated carbocycles. The third-order valence-electron chi connectivity index (χ3n) is 4.56. The lowest BCUT2D eigenvalue weighted by Gasteiger charge is -2.33. The van der Waals surface area contributed by atoms with Crippen LogP contribution >= 0.6 is 0 Å². The molecule has 0 N–H and O–H groups in total. The molecular weight excluding hydrogens is 336 g/mol. The topological polar surface area (TPSA) is 71.1 Å². The summed E-state index contributed by atoms with van der Waals surface area (Å²) >= 11 is 0. The highest BCUT2D eigenvalue weighted by atomic mass is 16.7. The van der Waals surface area contributed by atoms with Crippen LogP contribution in [-0.2, 0) is 35.1 Å². The van der Waals surface area contributed by atoms with E-state index in [9.17, 15) is 9.59 Å². The maximum atomic E-state index is 11.6. The average molecular weight is 364 g/mol. The zero-order chi connectivity index (χ0) is 19.2. The lowest BCUT2D eigenvalue weighted by atomic mass is 9.87. The number of hydrogen-bond acceptors (Lipinski definition) is 6. The van der Waals surface area contributed by atoms with E-state index in [1.165, 1.54) is 13.8 Å². The van der Waals surface area contributed by atoms with E-state index < -0.39 is 36.0 Å². The molecular formula is C20H28O6. The number of rotatable bonds is 8. The maximum absolute atomic E-state index is 11.6. The van der Waals surface area contributed by atoms with Crippen LogP contribution in [0.2, 0.25) is 0 Å². The molecule has 1 heterocycles. The molecule has 144 valence electrons. The third kappa shape index (κ3) is 4.83. The zero-order valence-corrected chi connectivity index (χ0v) is 15.9. The summed E-state index contributed by atoms with van der Waals surface area (Å²) in [6.45, 7) is 7.03. The predicted molar refractivity (Wildman–Crippen MR) is 95.1 cm³/mol. The van der Waals surface area contributed by atoms with Crippen molar-refractivity contribution in [3.05, 3.63) is 35.9 Å². The number of esters is 2. The first-order valence-electron chi connectivity index (χ1n) is 9.09. The van der Waals surface area contributed by atoms with E-state index >= 15 is 0 Å². The van der Waals surface area contributed by atoms with Gasteiger partial charge in [-0.1, -0.05) is 50.6 Å². The second-order valence-electron chi connectivity index (χ2n) is 6.56. The molecule has 1 aromatic carbocycles. The summed E-state index contributed by atoms with van der Waals surface area (Å²) < 4.78 is 23.1. The Kier molecular flexibility index (Phi) is 7.17. The summed E-state index contributed by atoms with van der Waals surface area (Å²) in [6.07, 6.45) is -0.0800. The quantitative estimate of drug-likeness (QED) is 0.659. The van der Waals surface area contributed by atoms with Crippen molar-refractivity contribution in [3.8, 4) is 0 Å². The molecule has 0 radical (unpaired) electrons. The second-order valence-corrected chi connectivity index (χ2v) is 6.56. The van der Waals surface area contributed by atoms with Crippen molar-refractivity contribution in [1.82, 2.24) is 0 Å². The average Bonchev–Trinajstić information content (AvgIpc) is 2.86. The van der Waals surface area contributed by atoms with Crippen LogP contribution in [-0.4, -0.2) is 36.0 Å². The molecule has 0 aromatic heterocycles. The fraction of sp³-hybridized carbons (Fsp3) is 0.600. The molecule has 1 aromatic rings. The molecule has 4 atom stereocenters. The first kappa shape index (κ1) is 20.4. The van der Waals surface area contributed by atoms with Crippen LogP contribution in [0.15, 0.2) is 30.3 Å². The minimum Gasteiger partial charge on any atom is -0.453 e. The summed E-state index contributed by atoms with van der Waals surface area (Å²) in [4.78, 5) is 23.1. The summed E-state index contributed by atoms with van der Waals surface area (Å²) in [5.41, 5.74) is 0.329. The van der Waals surface area contributed by atoms with Crippen molar-refractivity contribution in [2.75, 3.05) is 0 Å². The fourth-order valence-electron chi connectivity index (χ4n) is 3.46. The van der Waals surface area contributed by atoms with Gasteiger partial charge in [0.15, 0.2) is 6.10 Å². The van der Waals surface area contributed by atoms with Gasteiger partial charge in [-0.15, -0.1) is 0 Å². The minimum atomic E-state index is -0.969. The molecule has 1 fully saturated rings. The Balaban J connectivity index is 2.29. The Morgan fingerprint density at radius 2 is 1.73 bits per heavy atom. The number of hydrogen-bond donors (Lipinski definition) is 0. The summed E-state index contributed by atoms with van der Waals surface area (Å²) in [5.74, 6) is -0.954. The highest BCUT2D eigenvalue weighted by Gasteiger charge is 2.57. The SMILES string of the molecule is CCC[C@]1(CC)OC(OC(C)=O)[C@@H](OC(C)=O)C1OCc1ccccc1. The van der Waals surface area contributed by atoms with E-state index in [-0.39, 0.29) is 0 Å². The molecule has 0 spiro atoms. The van der Waals surface area contributed by atoms with Crippen LogP contribution in [0.1, 0.15) is 52.5 Å². The van der Waals surface area contributed by atoms with Crippen LogP contribution in [0.5, 0.6) is 0 Å². The van der Waals surface area contributed by atoms with Gasteiger partial charge in [-0.3, -0.25) is 9.59 Å². The molecule has 6 heteroatoms. The Hall–Kier alpha value is -1.92. The molecule has 1 saturated heterocycles. The van der Waals surface area contributed by atoms with Crippen LogP contribution < -0.4 is 0 Å². The lowest BCUT2D eigenvalue weighted by molar-refractivity contribution is -0.205. The zero-order valence-electron chi connectivity index (χ0n) is 15.9. The molecule has 0 bridgehead atoms. The van der Waals surface area contributed by atoms with E-state index in [0.29, 0.717) is 19.4 Å². The van der Waals surface area contributed by atoms with Gasteiger partial charge in [-0.25, -0.2) is 0 Å². The highest BCUT2D eigenvalue weighted by Crippen LogP contribution is 2.42. The maximum Gasteiger partial charge on any atom is 0.305 e. The van der Waals surface area contributed by atoms with E-state index in [1.807, 2.05) is 37.3 Å². The Morgan fingerprint density at radius 1 is 1.08 bits per heavy atom. The molecule has 6 nitrogen and oxygen atoms in total. The van der Waals surface area contributed by atoms with Gasteiger partial charge in [0.25, 0.3) is 0 Å². The first-order valence-corrected chi connectivity index (χ1v) is 9.09. The molecule has 26 heavy (non-hydrogen) atoms. The second kappa shape index (κ2) is 9.14. The van der Waals surface area contributed by atoms with Gasteiger partial charge in [0.05, 0.1) is 6.61 Å².